The van der Waals surface area contributed by atoms with E-state index in [0.29, 0.717) is 43.1 Å². The summed E-state index contributed by atoms with van der Waals surface area (Å²) in [7, 11) is 4.44. The molecule has 3 rings (SSSR count). The summed E-state index contributed by atoms with van der Waals surface area (Å²) in [5.74, 6) is -0.563. The fraction of sp³-hybridized carbons (Fsp3) is 0.531. The molecule has 2 aromatic rings. The molecule has 0 bridgehead atoms. The molecule has 1 aliphatic heterocycles. The second kappa shape index (κ2) is 18.3. The maximum Gasteiger partial charge on any atom is 0.338 e. The van der Waals surface area contributed by atoms with Gasteiger partial charge in [0.2, 0.25) is 5.75 Å². The van der Waals surface area contributed by atoms with Crippen LogP contribution in [0.25, 0.3) is 0 Å². The van der Waals surface area contributed by atoms with E-state index in [2.05, 4.69) is 9.80 Å². The summed E-state index contributed by atoms with van der Waals surface area (Å²) in [6, 6.07) is 7.57. The third kappa shape index (κ3) is 10.4. The van der Waals surface area contributed by atoms with Crippen LogP contribution in [0.5, 0.6) is 23.0 Å². The Morgan fingerprint density at radius 2 is 1.58 bits per heavy atom. The van der Waals surface area contributed by atoms with E-state index in [1.807, 2.05) is 6.07 Å². The van der Waals surface area contributed by atoms with E-state index in [1.54, 1.807) is 12.1 Å². The van der Waals surface area contributed by atoms with E-state index in [9.17, 15) is 20.0 Å². The van der Waals surface area contributed by atoms with E-state index in [1.165, 1.54) is 33.5 Å². The molecule has 12 nitrogen and oxygen atoms in total. The van der Waals surface area contributed by atoms with Crippen molar-refractivity contribution in [2.45, 2.75) is 38.2 Å². The van der Waals surface area contributed by atoms with Gasteiger partial charge < -0.3 is 44.3 Å². The molecule has 1 fully saturated rings. The molecule has 1 saturated heterocycles. The Morgan fingerprint density at radius 1 is 0.933 bits per heavy atom. The van der Waals surface area contributed by atoms with Gasteiger partial charge >= 0.3 is 11.9 Å². The van der Waals surface area contributed by atoms with Crippen LogP contribution in [0.3, 0.4) is 0 Å². The lowest BCUT2D eigenvalue weighted by molar-refractivity contribution is 0.0221. The molecule has 13 heteroatoms. The van der Waals surface area contributed by atoms with E-state index in [4.69, 9.17) is 41.0 Å². The third-order valence-corrected chi connectivity index (χ3v) is 7.94. The normalized spacial score (nSPS) is 14.6. The highest BCUT2D eigenvalue weighted by Crippen LogP contribution is 2.38. The second-order valence-electron chi connectivity index (χ2n) is 10.6. The predicted octanol–water partition coefficient (Wildman–Crippen LogP) is 4.07. The number of halogens is 1. The van der Waals surface area contributed by atoms with Crippen molar-refractivity contribution in [3.8, 4) is 29.1 Å². The average Bonchev–Trinajstić information content (AvgIpc) is 3.28. The lowest BCUT2D eigenvalue weighted by Gasteiger charge is -2.25. The summed E-state index contributed by atoms with van der Waals surface area (Å²) in [4.78, 5) is 29.7. The van der Waals surface area contributed by atoms with E-state index in [0.717, 1.165) is 52.1 Å². The Hall–Kier alpha value is -3.76. The van der Waals surface area contributed by atoms with Crippen LogP contribution in [0.15, 0.2) is 24.3 Å². The lowest BCUT2D eigenvalue weighted by atomic mass is 10.1. The number of carboxylic acid groups (broad SMARTS) is 1. The molecule has 1 unspecified atom stereocenters. The summed E-state index contributed by atoms with van der Waals surface area (Å²) in [5.41, 5.74) is 5.94. The van der Waals surface area contributed by atoms with Crippen LogP contribution in [-0.4, -0.2) is 107 Å². The minimum Gasteiger partial charge on any atom is -0.493 e. The zero-order chi connectivity index (χ0) is 32.8. The highest BCUT2D eigenvalue weighted by Gasteiger charge is 2.23. The molecule has 1 aliphatic rings. The molecule has 246 valence electrons. The van der Waals surface area contributed by atoms with Gasteiger partial charge in [0.25, 0.3) is 0 Å². The smallest absolute Gasteiger partial charge is 0.338 e. The maximum absolute atomic E-state index is 13.4. The van der Waals surface area contributed by atoms with Gasteiger partial charge in [0.15, 0.2) is 11.5 Å². The van der Waals surface area contributed by atoms with Gasteiger partial charge in [-0.05, 0) is 82.5 Å². The van der Waals surface area contributed by atoms with Crippen molar-refractivity contribution in [3.63, 3.8) is 0 Å². The molecule has 3 N–H and O–H groups in total. The Labute approximate surface area is 269 Å². The first kappa shape index (κ1) is 35.7. The molecule has 0 spiro atoms. The number of nitriles is 1. The molecular weight excluding hydrogens is 604 g/mol. The van der Waals surface area contributed by atoms with Gasteiger partial charge in [-0.15, -0.1) is 0 Å². The third-order valence-electron chi connectivity index (χ3n) is 7.64. The molecule has 0 aromatic heterocycles. The lowest BCUT2D eigenvalue weighted by Crippen LogP contribution is -2.34. The Kier molecular flexibility index (Phi) is 14.5. The van der Waals surface area contributed by atoms with Crippen LogP contribution in [0.1, 0.15) is 58.4 Å². The number of ether oxygens (including phenoxy) is 5. The van der Waals surface area contributed by atoms with E-state index >= 15 is 0 Å². The number of benzene rings is 2. The predicted molar refractivity (Wildman–Crippen MR) is 169 cm³/mol. The van der Waals surface area contributed by atoms with Crippen LogP contribution in [0.2, 0.25) is 5.02 Å². The number of rotatable bonds is 17. The summed E-state index contributed by atoms with van der Waals surface area (Å²) in [6.07, 6.45) is 3.13. The zero-order valence-corrected chi connectivity index (χ0v) is 26.9. The van der Waals surface area contributed by atoms with Gasteiger partial charge in [0.05, 0.1) is 44.1 Å². The summed E-state index contributed by atoms with van der Waals surface area (Å²) in [5, 5.41) is 18.9. The van der Waals surface area contributed by atoms with Gasteiger partial charge in [-0.3, -0.25) is 0 Å². The van der Waals surface area contributed by atoms with Crippen molar-refractivity contribution in [1.82, 2.24) is 9.80 Å². The summed E-state index contributed by atoms with van der Waals surface area (Å²) >= 11 is 6.12. The highest BCUT2D eigenvalue weighted by atomic mass is 35.5. The minimum atomic E-state index is -1.18. The second-order valence-corrected chi connectivity index (χ2v) is 11.1. The average molecular weight is 647 g/mol. The van der Waals surface area contributed by atoms with Crippen LogP contribution in [0.4, 0.5) is 0 Å². The number of aromatic carboxylic acids is 1. The van der Waals surface area contributed by atoms with Crippen LogP contribution >= 0.6 is 11.6 Å². The molecule has 0 amide bonds. The Morgan fingerprint density at radius 3 is 2.16 bits per heavy atom. The SMILES string of the molecule is COc1cc(C(=O)OC(CCCOc2cc(C(=O)O)cc(Cl)c2C#N)CCN2CCCN(CCCN)CC2)cc(OC)c1OC. The van der Waals surface area contributed by atoms with Crippen molar-refractivity contribution in [3.05, 3.63) is 46.0 Å². The molecule has 0 saturated carbocycles. The van der Waals surface area contributed by atoms with Crippen molar-refractivity contribution >= 4 is 23.5 Å². The molecule has 45 heavy (non-hydrogen) atoms. The minimum absolute atomic E-state index is 0.00333. The molecule has 1 atom stereocenters. The number of hydrogen-bond acceptors (Lipinski definition) is 11. The quantitative estimate of drug-likeness (QED) is 0.188. The molecule has 0 radical (unpaired) electrons. The van der Waals surface area contributed by atoms with Gasteiger partial charge in [0, 0.05) is 19.6 Å². The highest BCUT2D eigenvalue weighted by molar-refractivity contribution is 6.32. The van der Waals surface area contributed by atoms with Gasteiger partial charge in [-0.1, -0.05) is 11.6 Å². The topological polar surface area (TPSA) is 157 Å². The van der Waals surface area contributed by atoms with E-state index < -0.39 is 18.0 Å². The number of carbonyl (C=O) groups is 2. The Bertz CT molecular complexity index is 1310. The van der Waals surface area contributed by atoms with E-state index in [-0.39, 0.29) is 34.1 Å². The molecule has 2 aromatic carbocycles. The summed E-state index contributed by atoms with van der Waals surface area (Å²) in [6.45, 7) is 6.44. The number of carboxylic acids is 1. The zero-order valence-electron chi connectivity index (χ0n) is 26.2. The first-order chi connectivity index (χ1) is 21.7. The first-order valence-electron chi connectivity index (χ1n) is 15.0. The van der Waals surface area contributed by atoms with Gasteiger partial charge in [-0.2, -0.15) is 5.26 Å². The van der Waals surface area contributed by atoms with Crippen LogP contribution < -0.4 is 24.7 Å². The van der Waals surface area contributed by atoms with Crippen molar-refractivity contribution in [2.75, 3.05) is 73.7 Å². The number of nitrogens with zero attached hydrogens (tertiary/aromatic N) is 3. The number of methoxy groups -OCH3 is 3. The molecule has 0 aliphatic carbocycles. The number of hydrogen-bond donors (Lipinski definition) is 2. The Balaban J connectivity index is 1.71. The number of esters is 1. The largest absolute Gasteiger partial charge is 0.493 e. The van der Waals surface area contributed by atoms with Crippen LogP contribution in [-0.2, 0) is 4.74 Å². The van der Waals surface area contributed by atoms with Gasteiger partial charge in [0.1, 0.15) is 23.5 Å². The fourth-order valence-electron chi connectivity index (χ4n) is 5.21. The standard InChI is InChI=1S/C32H43ClN4O8/c1-41-28-19-23(20-29(42-2)30(28)43-3)32(40)45-24(8-13-37-12-6-11-36(14-15-37)10-5-9-34)7-4-16-44-27-18-22(31(38)39)17-26(33)25(27)21-35/h17-20,24H,4-16,34H2,1-3H3,(H,38,39). The maximum atomic E-state index is 13.4. The summed E-state index contributed by atoms with van der Waals surface area (Å²) < 4.78 is 28.0. The molecular formula is C32H43ClN4O8. The van der Waals surface area contributed by atoms with Gasteiger partial charge in [-0.25, -0.2) is 9.59 Å². The van der Waals surface area contributed by atoms with Crippen LogP contribution in [0, 0.1) is 11.3 Å². The van der Waals surface area contributed by atoms with Crippen molar-refractivity contribution in [2.24, 2.45) is 5.73 Å². The van der Waals surface area contributed by atoms with Crippen molar-refractivity contribution < 1.29 is 38.4 Å². The van der Waals surface area contributed by atoms with Crippen molar-refractivity contribution in [1.29, 1.82) is 5.26 Å². The first-order valence-corrected chi connectivity index (χ1v) is 15.4. The number of nitrogens with two attached hydrogens (primary N) is 1. The monoisotopic (exact) mass is 646 g/mol. The number of carbonyl (C=O) groups excluding carboxylic acids is 1. The molecule has 1 heterocycles. The fourth-order valence-corrected chi connectivity index (χ4v) is 5.47.